The smallest absolute Gasteiger partial charge is 0.276 e. The molecule has 0 radical (unpaired) electrons. The van der Waals surface area contributed by atoms with E-state index < -0.39 is 36.3 Å². The molecule has 1 aliphatic heterocycles. The number of nitrogens with zero attached hydrogens (tertiary/aromatic N) is 2. The number of nitrogens with one attached hydrogen (secondary N) is 1. The Morgan fingerprint density at radius 1 is 1.21 bits per heavy atom. The van der Waals surface area contributed by atoms with Crippen LogP contribution in [0.1, 0.15) is 18.9 Å². The molecule has 172 valence electrons. The van der Waals surface area contributed by atoms with Gasteiger partial charge in [-0.2, -0.15) is 0 Å². The molecule has 0 saturated carbocycles. The topological polar surface area (TPSA) is 96.0 Å². The molecule has 0 bridgehead atoms. The van der Waals surface area contributed by atoms with E-state index in [-0.39, 0.29) is 17.2 Å². The van der Waals surface area contributed by atoms with Crippen molar-refractivity contribution in [2.24, 2.45) is 0 Å². The highest BCUT2D eigenvalue weighted by Crippen LogP contribution is 2.28. The van der Waals surface area contributed by atoms with Crippen molar-refractivity contribution in [2.45, 2.75) is 26.3 Å². The molecule has 1 atom stereocenters. The molecule has 1 N–H and O–H groups in total. The van der Waals surface area contributed by atoms with Crippen molar-refractivity contribution < 1.29 is 23.9 Å². The van der Waals surface area contributed by atoms with Gasteiger partial charge in [0.1, 0.15) is 11.8 Å². The molecule has 4 amide bonds. The van der Waals surface area contributed by atoms with Crippen LogP contribution >= 0.6 is 23.2 Å². The number of amides is 4. The van der Waals surface area contributed by atoms with E-state index >= 15 is 0 Å². The number of allylic oxidation sites excluding steroid dienone is 1. The number of anilines is 1. The summed E-state index contributed by atoms with van der Waals surface area (Å²) in [6.07, 6.45) is 2.37. The predicted octanol–water partition coefficient (Wildman–Crippen LogP) is 3.45. The summed E-state index contributed by atoms with van der Waals surface area (Å²) in [6.45, 7) is 2.96. The molecule has 1 heterocycles. The number of benzene rings is 2. The van der Waals surface area contributed by atoms with Gasteiger partial charge in [0, 0.05) is 11.1 Å². The molecule has 1 fully saturated rings. The van der Waals surface area contributed by atoms with Gasteiger partial charge < -0.3 is 4.74 Å². The Labute approximate surface area is 200 Å². The van der Waals surface area contributed by atoms with Gasteiger partial charge in [-0.25, -0.2) is 9.91 Å². The minimum absolute atomic E-state index is 0.211. The Hall–Kier alpha value is -3.36. The summed E-state index contributed by atoms with van der Waals surface area (Å²) in [6, 6.07) is 10.2. The number of imide groups is 1. The van der Waals surface area contributed by atoms with Crippen molar-refractivity contribution in [3.05, 3.63) is 70.2 Å². The van der Waals surface area contributed by atoms with Gasteiger partial charge in [-0.1, -0.05) is 41.4 Å². The highest BCUT2D eigenvalue weighted by Gasteiger charge is 2.45. The van der Waals surface area contributed by atoms with Crippen molar-refractivity contribution >= 4 is 52.5 Å². The van der Waals surface area contributed by atoms with E-state index in [0.29, 0.717) is 10.7 Å². The molecule has 0 spiro atoms. The van der Waals surface area contributed by atoms with E-state index in [4.69, 9.17) is 27.9 Å². The van der Waals surface area contributed by atoms with E-state index in [9.17, 15) is 19.2 Å². The van der Waals surface area contributed by atoms with Crippen LogP contribution < -0.4 is 15.1 Å². The summed E-state index contributed by atoms with van der Waals surface area (Å²) in [5, 5.41) is 1.47. The quantitative estimate of drug-likeness (QED) is 0.380. The van der Waals surface area contributed by atoms with Gasteiger partial charge in [0.2, 0.25) is 5.91 Å². The number of hydrogen-bond acceptors (Lipinski definition) is 5. The second-order valence-corrected chi connectivity index (χ2v) is 8.08. The lowest BCUT2D eigenvalue weighted by atomic mass is 10.2. The van der Waals surface area contributed by atoms with E-state index in [1.165, 1.54) is 24.3 Å². The standard InChI is InChI=1S/C23H21Cl2N3O5/c1-3-5-21(30)28(26-20(29)13-33-19-9-8-15(24)11-17(19)25)18-12-22(31)27(23(18)32)16-7-4-6-14(2)10-16/h3-11,18H,12-13H2,1-2H3,(H,26,29). The van der Waals surface area contributed by atoms with Crippen LogP contribution in [0.25, 0.3) is 0 Å². The average molecular weight is 490 g/mol. The highest BCUT2D eigenvalue weighted by atomic mass is 35.5. The number of carbonyl (C=O) groups is 4. The molecule has 10 heteroatoms. The largest absolute Gasteiger partial charge is 0.482 e. The molecule has 1 aliphatic rings. The van der Waals surface area contributed by atoms with Crippen LogP contribution in [0.3, 0.4) is 0 Å². The molecule has 3 rings (SSSR count). The molecule has 33 heavy (non-hydrogen) atoms. The Balaban J connectivity index is 1.77. The van der Waals surface area contributed by atoms with Crippen molar-refractivity contribution in [1.82, 2.24) is 10.4 Å². The Morgan fingerprint density at radius 3 is 2.64 bits per heavy atom. The van der Waals surface area contributed by atoms with Crippen LogP contribution in [0, 0.1) is 6.92 Å². The number of ether oxygens (including phenoxy) is 1. The first-order valence-corrected chi connectivity index (χ1v) is 10.7. The summed E-state index contributed by atoms with van der Waals surface area (Å²) in [5.74, 6) is -2.25. The van der Waals surface area contributed by atoms with Crippen LogP contribution in [0.2, 0.25) is 10.0 Å². The van der Waals surface area contributed by atoms with Crippen molar-refractivity contribution in [3.8, 4) is 5.75 Å². The maximum Gasteiger partial charge on any atom is 0.276 e. The van der Waals surface area contributed by atoms with E-state index in [0.717, 1.165) is 15.5 Å². The van der Waals surface area contributed by atoms with Crippen LogP contribution in [0.15, 0.2) is 54.6 Å². The molecule has 0 aliphatic carbocycles. The zero-order chi connectivity index (χ0) is 24.1. The van der Waals surface area contributed by atoms with Crippen molar-refractivity contribution in [3.63, 3.8) is 0 Å². The minimum Gasteiger partial charge on any atom is -0.482 e. The van der Waals surface area contributed by atoms with Gasteiger partial charge in [0.15, 0.2) is 6.61 Å². The highest BCUT2D eigenvalue weighted by molar-refractivity contribution is 6.35. The lowest BCUT2D eigenvalue weighted by molar-refractivity contribution is -0.144. The summed E-state index contributed by atoms with van der Waals surface area (Å²) >= 11 is 11.9. The summed E-state index contributed by atoms with van der Waals surface area (Å²) in [4.78, 5) is 51.9. The average Bonchev–Trinajstić information content (AvgIpc) is 3.05. The number of rotatable bonds is 6. The third kappa shape index (κ3) is 5.71. The molecule has 0 aromatic heterocycles. The zero-order valence-electron chi connectivity index (χ0n) is 17.9. The Morgan fingerprint density at radius 2 is 1.97 bits per heavy atom. The van der Waals surface area contributed by atoms with Crippen LogP contribution in [0.4, 0.5) is 5.69 Å². The third-order valence-corrected chi connectivity index (χ3v) is 5.27. The number of hydrogen-bond donors (Lipinski definition) is 1. The van der Waals surface area contributed by atoms with Gasteiger partial charge in [-0.05, 0) is 49.7 Å². The van der Waals surface area contributed by atoms with Crippen molar-refractivity contribution in [2.75, 3.05) is 11.5 Å². The van der Waals surface area contributed by atoms with Crippen LogP contribution in [-0.4, -0.2) is 41.3 Å². The minimum atomic E-state index is -1.20. The number of halogens is 2. The van der Waals surface area contributed by atoms with E-state index in [2.05, 4.69) is 5.43 Å². The van der Waals surface area contributed by atoms with Gasteiger partial charge >= 0.3 is 0 Å². The molecule has 2 aromatic carbocycles. The van der Waals surface area contributed by atoms with E-state index in [1.54, 1.807) is 31.2 Å². The summed E-state index contributed by atoms with van der Waals surface area (Å²) < 4.78 is 5.39. The molecule has 2 aromatic rings. The molecular formula is C23H21Cl2N3O5. The fourth-order valence-corrected chi connectivity index (χ4v) is 3.73. The van der Waals surface area contributed by atoms with Crippen LogP contribution in [-0.2, 0) is 19.2 Å². The molecule has 1 saturated heterocycles. The summed E-state index contributed by atoms with van der Waals surface area (Å²) in [5.41, 5.74) is 3.65. The van der Waals surface area contributed by atoms with Crippen molar-refractivity contribution in [1.29, 1.82) is 0 Å². The van der Waals surface area contributed by atoms with Gasteiger partial charge in [0.05, 0.1) is 17.1 Å². The zero-order valence-corrected chi connectivity index (χ0v) is 19.4. The third-order valence-electron chi connectivity index (χ3n) is 4.74. The molecule has 8 nitrogen and oxygen atoms in total. The summed E-state index contributed by atoms with van der Waals surface area (Å²) in [7, 11) is 0. The van der Waals surface area contributed by atoms with E-state index in [1.807, 2.05) is 13.0 Å². The molecular weight excluding hydrogens is 469 g/mol. The lowest BCUT2D eigenvalue weighted by Crippen LogP contribution is -2.55. The first-order valence-electron chi connectivity index (χ1n) is 9.98. The fraction of sp³-hybridized carbons (Fsp3) is 0.217. The Bertz CT molecular complexity index is 1130. The SMILES string of the molecule is CC=CC(=O)N(NC(=O)COc1ccc(Cl)cc1Cl)C1CC(=O)N(c2cccc(C)c2)C1=O. The normalized spacial score (nSPS) is 15.8. The second-order valence-electron chi connectivity index (χ2n) is 7.23. The monoisotopic (exact) mass is 489 g/mol. The van der Waals surface area contributed by atoms with Crippen LogP contribution in [0.5, 0.6) is 5.75 Å². The second kappa shape index (κ2) is 10.5. The maximum atomic E-state index is 13.1. The number of aryl methyl sites for hydroxylation is 1. The van der Waals surface area contributed by atoms with Gasteiger partial charge in [-0.15, -0.1) is 0 Å². The lowest BCUT2D eigenvalue weighted by Gasteiger charge is -2.27. The Kier molecular flexibility index (Phi) is 7.73. The maximum absolute atomic E-state index is 13.1. The molecule has 1 unspecified atom stereocenters. The fourth-order valence-electron chi connectivity index (χ4n) is 3.27. The number of carbonyl (C=O) groups excluding carboxylic acids is 4. The number of hydrazine groups is 1. The van der Waals surface area contributed by atoms with Gasteiger partial charge in [0.25, 0.3) is 17.7 Å². The van der Waals surface area contributed by atoms with Gasteiger partial charge in [-0.3, -0.25) is 24.6 Å². The first kappa shape index (κ1) is 24.3. The predicted molar refractivity (Wildman–Crippen MR) is 124 cm³/mol. The first-order chi connectivity index (χ1) is 15.7.